The number of fused-ring (bicyclic) bond motifs is 1. The largest absolute Gasteiger partial charge is 0.331 e. The Hall–Kier alpha value is -1.40. The number of imidazole rings is 1. The maximum Gasteiger partial charge on any atom is 0.175 e. The molecule has 3 rings (SSSR count). The molecule has 108 valence electrons. The van der Waals surface area contributed by atoms with Gasteiger partial charge < -0.3 is 9.88 Å². The fraction of sp³-hybridized carbons (Fsp3) is 0.500. The number of aryl methyl sites for hydroxylation is 1. The van der Waals surface area contributed by atoms with Crippen LogP contribution in [0.4, 0.5) is 0 Å². The van der Waals surface area contributed by atoms with Gasteiger partial charge in [-0.05, 0) is 37.2 Å². The van der Waals surface area contributed by atoms with Crippen molar-refractivity contribution in [3.63, 3.8) is 0 Å². The van der Waals surface area contributed by atoms with E-state index in [2.05, 4.69) is 21.8 Å². The van der Waals surface area contributed by atoms with E-state index in [0.717, 1.165) is 29.9 Å². The molecule has 1 aromatic heterocycles. The maximum absolute atomic E-state index is 11.6. The zero-order chi connectivity index (χ0) is 14.5. The predicted octanol–water partition coefficient (Wildman–Crippen LogP) is 1.30. The molecule has 0 amide bonds. The van der Waals surface area contributed by atoms with Gasteiger partial charge in [0.2, 0.25) is 0 Å². The Balaban J connectivity index is 2.09. The summed E-state index contributed by atoms with van der Waals surface area (Å²) >= 11 is 0. The van der Waals surface area contributed by atoms with Crippen LogP contribution in [0.15, 0.2) is 23.1 Å². The SMILES string of the molecule is CC(c1nc2cc(S(C)(=O)=O)ccc2n1C)C1CNC1. The van der Waals surface area contributed by atoms with Gasteiger partial charge in [-0.3, -0.25) is 0 Å². The summed E-state index contributed by atoms with van der Waals surface area (Å²) in [5, 5.41) is 3.28. The lowest BCUT2D eigenvalue weighted by Crippen LogP contribution is -2.45. The fourth-order valence-electron chi connectivity index (χ4n) is 2.71. The summed E-state index contributed by atoms with van der Waals surface area (Å²) in [6, 6.07) is 5.16. The lowest BCUT2D eigenvalue weighted by atomic mass is 9.88. The van der Waals surface area contributed by atoms with E-state index in [4.69, 9.17) is 0 Å². The van der Waals surface area contributed by atoms with Crippen LogP contribution in [0.2, 0.25) is 0 Å². The molecule has 20 heavy (non-hydrogen) atoms. The van der Waals surface area contributed by atoms with E-state index >= 15 is 0 Å². The van der Waals surface area contributed by atoms with Gasteiger partial charge in [-0.25, -0.2) is 13.4 Å². The van der Waals surface area contributed by atoms with Crippen LogP contribution >= 0.6 is 0 Å². The van der Waals surface area contributed by atoms with Crippen LogP contribution in [0.1, 0.15) is 18.7 Å². The highest BCUT2D eigenvalue weighted by Crippen LogP contribution is 2.29. The van der Waals surface area contributed by atoms with Crippen LogP contribution in [0.5, 0.6) is 0 Å². The lowest BCUT2D eigenvalue weighted by Gasteiger charge is -2.32. The van der Waals surface area contributed by atoms with Gasteiger partial charge in [0.1, 0.15) is 5.82 Å². The monoisotopic (exact) mass is 293 g/mol. The quantitative estimate of drug-likeness (QED) is 0.926. The first kappa shape index (κ1) is 13.6. The Morgan fingerprint density at radius 1 is 1.40 bits per heavy atom. The first-order valence-corrected chi connectivity index (χ1v) is 8.64. The van der Waals surface area contributed by atoms with Crippen LogP contribution in [-0.4, -0.2) is 37.3 Å². The highest BCUT2D eigenvalue weighted by Gasteiger charge is 2.28. The van der Waals surface area contributed by atoms with Gasteiger partial charge in [0.05, 0.1) is 15.9 Å². The molecule has 0 bridgehead atoms. The second kappa shape index (κ2) is 4.56. The molecule has 1 unspecified atom stereocenters. The fourth-order valence-corrected chi connectivity index (χ4v) is 3.35. The molecule has 2 heterocycles. The molecule has 1 aliphatic heterocycles. The minimum absolute atomic E-state index is 0.326. The maximum atomic E-state index is 11.6. The van der Waals surface area contributed by atoms with Gasteiger partial charge in [0.15, 0.2) is 9.84 Å². The number of hydrogen-bond donors (Lipinski definition) is 1. The van der Waals surface area contributed by atoms with E-state index < -0.39 is 9.84 Å². The number of nitrogens with zero attached hydrogens (tertiary/aromatic N) is 2. The van der Waals surface area contributed by atoms with Gasteiger partial charge in [0, 0.05) is 19.2 Å². The molecule has 1 saturated heterocycles. The smallest absolute Gasteiger partial charge is 0.175 e. The molecule has 6 heteroatoms. The number of benzene rings is 1. The van der Waals surface area contributed by atoms with Crippen LogP contribution in [0.25, 0.3) is 11.0 Å². The lowest BCUT2D eigenvalue weighted by molar-refractivity contribution is 0.293. The van der Waals surface area contributed by atoms with Gasteiger partial charge in [-0.15, -0.1) is 0 Å². The van der Waals surface area contributed by atoms with Gasteiger partial charge in [-0.1, -0.05) is 6.92 Å². The molecule has 2 aromatic rings. The summed E-state index contributed by atoms with van der Waals surface area (Å²) in [7, 11) is -1.19. The zero-order valence-electron chi connectivity index (χ0n) is 11.9. The van der Waals surface area contributed by atoms with Crippen molar-refractivity contribution in [1.82, 2.24) is 14.9 Å². The van der Waals surface area contributed by atoms with E-state index in [-0.39, 0.29) is 0 Å². The Morgan fingerprint density at radius 2 is 2.10 bits per heavy atom. The van der Waals surface area contributed by atoms with Crippen molar-refractivity contribution in [2.45, 2.75) is 17.7 Å². The molecule has 0 spiro atoms. The molecular weight excluding hydrogens is 274 g/mol. The zero-order valence-corrected chi connectivity index (χ0v) is 12.7. The minimum Gasteiger partial charge on any atom is -0.331 e. The van der Waals surface area contributed by atoms with E-state index in [1.165, 1.54) is 6.26 Å². The number of nitrogens with one attached hydrogen (secondary N) is 1. The topological polar surface area (TPSA) is 64.0 Å². The minimum atomic E-state index is -3.19. The van der Waals surface area contributed by atoms with Gasteiger partial charge >= 0.3 is 0 Å². The van der Waals surface area contributed by atoms with E-state index in [9.17, 15) is 8.42 Å². The Bertz CT molecular complexity index is 760. The molecule has 1 aliphatic rings. The highest BCUT2D eigenvalue weighted by molar-refractivity contribution is 7.90. The van der Waals surface area contributed by atoms with E-state index in [1.807, 2.05) is 13.1 Å². The Morgan fingerprint density at radius 3 is 2.65 bits per heavy atom. The number of sulfone groups is 1. The average Bonchev–Trinajstić information content (AvgIpc) is 2.63. The molecule has 0 radical (unpaired) electrons. The number of aromatic nitrogens is 2. The second-order valence-corrected chi connectivity index (χ2v) is 7.67. The van der Waals surface area contributed by atoms with E-state index in [0.29, 0.717) is 16.7 Å². The van der Waals surface area contributed by atoms with Crippen molar-refractivity contribution in [3.8, 4) is 0 Å². The van der Waals surface area contributed by atoms with Crippen LogP contribution in [-0.2, 0) is 16.9 Å². The average molecular weight is 293 g/mol. The summed E-state index contributed by atoms with van der Waals surface area (Å²) in [4.78, 5) is 4.99. The summed E-state index contributed by atoms with van der Waals surface area (Å²) in [5.74, 6) is 2.01. The van der Waals surface area contributed by atoms with E-state index in [1.54, 1.807) is 12.1 Å². The third kappa shape index (κ3) is 2.13. The number of rotatable bonds is 3. The molecule has 1 N–H and O–H groups in total. The summed E-state index contributed by atoms with van der Waals surface area (Å²) in [6.07, 6.45) is 1.22. The van der Waals surface area contributed by atoms with Gasteiger partial charge in [-0.2, -0.15) is 0 Å². The predicted molar refractivity (Wildman–Crippen MR) is 78.6 cm³/mol. The van der Waals surface area contributed by atoms with Crippen molar-refractivity contribution < 1.29 is 8.42 Å². The molecule has 1 fully saturated rings. The van der Waals surface area contributed by atoms with Crippen molar-refractivity contribution >= 4 is 20.9 Å². The summed E-state index contributed by atoms with van der Waals surface area (Å²) in [5.41, 5.74) is 1.73. The van der Waals surface area contributed by atoms with Crippen molar-refractivity contribution in [3.05, 3.63) is 24.0 Å². The Kier molecular flexibility index (Phi) is 3.10. The van der Waals surface area contributed by atoms with Crippen LogP contribution in [0, 0.1) is 5.92 Å². The first-order valence-electron chi connectivity index (χ1n) is 6.75. The van der Waals surface area contributed by atoms with Crippen LogP contribution < -0.4 is 5.32 Å². The van der Waals surface area contributed by atoms with Crippen LogP contribution in [0.3, 0.4) is 0 Å². The second-order valence-electron chi connectivity index (χ2n) is 5.66. The number of hydrogen-bond acceptors (Lipinski definition) is 4. The first-order chi connectivity index (χ1) is 9.38. The normalized spacial score (nSPS) is 18.1. The highest BCUT2D eigenvalue weighted by atomic mass is 32.2. The van der Waals surface area contributed by atoms with Gasteiger partial charge in [0.25, 0.3) is 0 Å². The molecule has 1 aromatic carbocycles. The van der Waals surface area contributed by atoms with Crippen molar-refractivity contribution in [2.24, 2.45) is 13.0 Å². The molecule has 5 nitrogen and oxygen atoms in total. The van der Waals surface area contributed by atoms with Crippen molar-refractivity contribution in [2.75, 3.05) is 19.3 Å². The third-order valence-electron chi connectivity index (χ3n) is 4.24. The molecule has 1 atom stereocenters. The Labute approximate surface area is 118 Å². The molecular formula is C14H19N3O2S. The third-order valence-corrected chi connectivity index (χ3v) is 5.35. The summed E-state index contributed by atoms with van der Waals surface area (Å²) < 4.78 is 25.3. The molecule has 0 aliphatic carbocycles. The molecule has 0 saturated carbocycles. The standard InChI is InChI=1S/C14H19N3O2S/c1-9(10-7-15-8-10)14-16-12-6-11(20(3,18)19)4-5-13(12)17(14)2/h4-6,9-10,15H,7-8H2,1-3H3. The van der Waals surface area contributed by atoms with Crippen molar-refractivity contribution in [1.29, 1.82) is 0 Å². The summed E-state index contributed by atoms with van der Waals surface area (Å²) in [6.45, 7) is 4.24.